The fourth-order valence-corrected chi connectivity index (χ4v) is 8.38. The van der Waals surface area contributed by atoms with E-state index >= 15 is 0 Å². The molecular formula is C24H40I2Si2. The van der Waals surface area contributed by atoms with Crippen LogP contribution in [0.4, 0.5) is 0 Å². The molecule has 4 heteroatoms. The lowest BCUT2D eigenvalue weighted by atomic mass is 10.0. The zero-order chi connectivity index (χ0) is 21.8. The topological polar surface area (TPSA) is 0 Å². The van der Waals surface area contributed by atoms with Crippen LogP contribution in [-0.4, -0.2) is 16.1 Å². The fourth-order valence-electron chi connectivity index (χ4n) is 2.97. The Labute approximate surface area is 205 Å². The highest BCUT2D eigenvalue weighted by Crippen LogP contribution is 2.39. The van der Waals surface area contributed by atoms with Gasteiger partial charge >= 0.3 is 0 Å². The lowest BCUT2D eigenvalue weighted by molar-refractivity contribution is 0.853. The molecule has 0 spiro atoms. The van der Waals surface area contributed by atoms with Crippen molar-refractivity contribution in [2.24, 2.45) is 0 Å². The van der Waals surface area contributed by atoms with Crippen LogP contribution in [0.25, 0.3) is 0 Å². The van der Waals surface area contributed by atoms with Crippen molar-refractivity contribution >= 4 is 61.3 Å². The van der Waals surface area contributed by atoms with Gasteiger partial charge in [0.25, 0.3) is 0 Å². The highest BCUT2D eigenvalue weighted by atomic mass is 127. The SMILES string of the molecule is CCCC#C[Si](C)(C)/C(I)=C(CCC)/C(CCC)=C(\I)[Si](C)(C)C#CCCC. The molecule has 0 bridgehead atoms. The van der Waals surface area contributed by atoms with Gasteiger partial charge in [0.05, 0.1) is 0 Å². The summed E-state index contributed by atoms with van der Waals surface area (Å²) in [7, 11) is -3.45. The predicted octanol–water partition coefficient (Wildman–Crippen LogP) is 9.15. The largest absolute Gasteiger partial charge is 0.169 e. The Hall–Kier alpha value is 0.494. The Kier molecular flexibility index (Phi) is 14.7. The van der Waals surface area contributed by atoms with Crippen molar-refractivity contribution in [3.8, 4) is 22.9 Å². The van der Waals surface area contributed by atoms with Gasteiger partial charge in [-0.15, -0.1) is 22.9 Å². The first kappa shape index (κ1) is 28.5. The van der Waals surface area contributed by atoms with Gasteiger partial charge in [-0.3, -0.25) is 0 Å². The maximum Gasteiger partial charge on any atom is 0.169 e. The maximum absolute atomic E-state index is 3.70. The monoisotopic (exact) mass is 638 g/mol. The summed E-state index contributed by atoms with van der Waals surface area (Å²) in [5.41, 5.74) is 10.6. The van der Waals surface area contributed by atoms with Crippen molar-refractivity contribution in [3.05, 3.63) is 17.6 Å². The third-order valence-electron chi connectivity index (χ3n) is 4.54. The number of allylic oxidation sites excluding steroid dienone is 2. The molecule has 0 rings (SSSR count). The zero-order valence-corrected chi connectivity index (χ0v) is 25.7. The van der Waals surface area contributed by atoms with E-state index < -0.39 is 16.1 Å². The van der Waals surface area contributed by atoms with Gasteiger partial charge in [-0.05, 0) is 43.2 Å². The first-order valence-electron chi connectivity index (χ1n) is 10.9. The second-order valence-corrected chi connectivity index (χ2v) is 20.6. The molecule has 0 aliphatic carbocycles. The highest BCUT2D eigenvalue weighted by molar-refractivity contribution is 14.1. The standard InChI is InChI=1S/C24H40I2Si2/c1-9-13-15-19-27(5,6)23(25)21(17-11-3)22(18-12-4)24(26)28(7,8)20-16-14-10-2/h9-14,17-18H2,1-8H3/b23-21+,24-22+. The molecule has 0 aromatic rings. The summed E-state index contributed by atoms with van der Waals surface area (Å²) in [6.07, 6.45) is 9.04. The second kappa shape index (κ2) is 14.5. The molecule has 28 heavy (non-hydrogen) atoms. The van der Waals surface area contributed by atoms with Gasteiger partial charge < -0.3 is 0 Å². The zero-order valence-electron chi connectivity index (χ0n) is 19.4. The highest BCUT2D eigenvalue weighted by Gasteiger charge is 2.30. The summed E-state index contributed by atoms with van der Waals surface area (Å²) in [6.45, 7) is 18.7. The van der Waals surface area contributed by atoms with E-state index in [4.69, 9.17) is 0 Å². The number of hydrogen-bond donors (Lipinski definition) is 0. The van der Waals surface area contributed by atoms with Gasteiger partial charge in [-0.1, -0.05) is 112 Å². The molecule has 158 valence electrons. The van der Waals surface area contributed by atoms with Crippen LogP contribution in [0.15, 0.2) is 17.6 Å². The Bertz CT molecular complexity index is 617. The lowest BCUT2D eigenvalue weighted by Crippen LogP contribution is -2.29. The molecule has 0 amide bonds. The molecule has 0 saturated heterocycles. The lowest BCUT2D eigenvalue weighted by Gasteiger charge is -2.26. The molecule has 0 N–H and O–H groups in total. The summed E-state index contributed by atoms with van der Waals surface area (Å²) < 4.78 is 3.14. The van der Waals surface area contributed by atoms with E-state index in [1.807, 2.05) is 0 Å². The van der Waals surface area contributed by atoms with Crippen molar-refractivity contribution in [2.75, 3.05) is 0 Å². The molecule has 0 nitrogen and oxygen atoms in total. The Morgan fingerprint density at radius 2 is 0.929 bits per heavy atom. The van der Waals surface area contributed by atoms with Crippen molar-refractivity contribution in [2.45, 2.75) is 105 Å². The summed E-state index contributed by atoms with van der Waals surface area (Å²) in [4.78, 5) is 0. The predicted molar refractivity (Wildman–Crippen MR) is 152 cm³/mol. The summed E-state index contributed by atoms with van der Waals surface area (Å²) in [5, 5.41) is 0. The number of halogens is 2. The molecule has 0 atom stereocenters. The summed E-state index contributed by atoms with van der Waals surface area (Å²) >= 11 is 5.31. The molecule has 0 unspecified atom stereocenters. The molecule has 0 saturated carbocycles. The Morgan fingerprint density at radius 1 is 0.607 bits per heavy atom. The molecule has 0 aromatic carbocycles. The molecule has 0 heterocycles. The van der Waals surface area contributed by atoms with Crippen LogP contribution in [0.5, 0.6) is 0 Å². The second-order valence-electron chi connectivity index (χ2n) is 8.44. The van der Waals surface area contributed by atoms with Gasteiger partial charge in [0.2, 0.25) is 0 Å². The fraction of sp³-hybridized carbons (Fsp3) is 0.667. The third-order valence-corrected chi connectivity index (χ3v) is 18.3. The molecule has 0 fully saturated rings. The number of rotatable bonds is 9. The van der Waals surface area contributed by atoms with Crippen LogP contribution in [0, 0.1) is 22.9 Å². The van der Waals surface area contributed by atoms with Crippen LogP contribution in [0.2, 0.25) is 26.2 Å². The summed E-state index contributed by atoms with van der Waals surface area (Å²) in [6, 6.07) is 0. The van der Waals surface area contributed by atoms with E-state index in [0.717, 1.165) is 25.7 Å². The van der Waals surface area contributed by atoms with Crippen molar-refractivity contribution in [3.63, 3.8) is 0 Å². The molecular weight excluding hydrogens is 598 g/mol. The van der Waals surface area contributed by atoms with E-state index in [-0.39, 0.29) is 0 Å². The van der Waals surface area contributed by atoms with E-state index in [1.165, 1.54) is 25.7 Å². The van der Waals surface area contributed by atoms with Gasteiger partial charge in [0.15, 0.2) is 16.1 Å². The first-order valence-corrected chi connectivity index (χ1v) is 19.0. The molecule has 0 aliphatic heterocycles. The summed E-state index contributed by atoms with van der Waals surface area (Å²) in [5.74, 6) is 6.92. The molecule has 0 radical (unpaired) electrons. The minimum atomic E-state index is -1.73. The minimum Gasteiger partial charge on any atom is -0.126 e. The van der Waals surface area contributed by atoms with Crippen molar-refractivity contribution < 1.29 is 0 Å². The van der Waals surface area contributed by atoms with Crippen molar-refractivity contribution in [1.82, 2.24) is 0 Å². The van der Waals surface area contributed by atoms with Crippen molar-refractivity contribution in [1.29, 1.82) is 0 Å². The van der Waals surface area contributed by atoms with E-state index in [0.29, 0.717) is 0 Å². The number of unbranched alkanes of at least 4 members (excludes halogenated alkanes) is 2. The van der Waals surface area contributed by atoms with Crippen LogP contribution in [-0.2, 0) is 0 Å². The molecule has 0 aromatic heterocycles. The van der Waals surface area contributed by atoms with Crippen LogP contribution >= 0.6 is 45.2 Å². The first-order chi connectivity index (χ1) is 13.1. The Morgan fingerprint density at radius 3 is 1.18 bits per heavy atom. The normalized spacial score (nSPS) is 13.6. The average Bonchev–Trinajstić information content (AvgIpc) is 2.63. The average molecular weight is 639 g/mol. The van der Waals surface area contributed by atoms with E-state index in [9.17, 15) is 0 Å². The van der Waals surface area contributed by atoms with E-state index in [2.05, 4.69) is 122 Å². The van der Waals surface area contributed by atoms with Crippen LogP contribution in [0.3, 0.4) is 0 Å². The molecule has 0 aliphatic rings. The van der Waals surface area contributed by atoms with Gasteiger partial charge in [-0.25, -0.2) is 0 Å². The van der Waals surface area contributed by atoms with Gasteiger partial charge in [0, 0.05) is 12.8 Å². The van der Waals surface area contributed by atoms with Crippen LogP contribution in [0.1, 0.15) is 79.1 Å². The number of hydrogen-bond acceptors (Lipinski definition) is 0. The Balaban J connectivity index is 6.50. The minimum absolute atomic E-state index is 1.02. The van der Waals surface area contributed by atoms with E-state index in [1.54, 1.807) is 17.6 Å². The van der Waals surface area contributed by atoms with Crippen LogP contribution < -0.4 is 0 Å². The van der Waals surface area contributed by atoms with Gasteiger partial charge in [-0.2, -0.15) is 0 Å². The maximum atomic E-state index is 3.70. The third kappa shape index (κ3) is 9.54. The quantitative estimate of drug-likeness (QED) is 0.102. The smallest absolute Gasteiger partial charge is 0.126 e. The van der Waals surface area contributed by atoms with Gasteiger partial charge in [0.1, 0.15) is 0 Å².